The third-order valence-electron chi connectivity index (χ3n) is 2.30. The molecule has 0 fully saturated rings. The molecule has 0 radical (unpaired) electrons. The minimum atomic E-state index is 0.155. The van der Waals surface area contributed by atoms with Gasteiger partial charge in [0.25, 0.3) is 0 Å². The van der Waals surface area contributed by atoms with Gasteiger partial charge in [0.05, 0.1) is 0 Å². The number of carbonyl (C=O) groups is 1. The molecule has 0 unspecified atom stereocenters. The molecule has 1 N–H and O–H groups in total. The normalized spacial score (nSPS) is 22.8. The van der Waals surface area contributed by atoms with E-state index in [1.807, 2.05) is 7.05 Å². The molecule has 62 valence electrons. The van der Waals surface area contributed by atoms with Gasteiger partial charge in [-0.3, -0.25) is 4.79 Å². The molecule has 1 aliphatic rings. The first-order valence-corrected chi connectivity index (χ1v) is 3.99. The molecule has 0 atom stereocenters. The van der Waals surface area contributed by atoms with E-state index in [9.17, 15) is 4.79 Å². The van der Waals surface area contributed by atoms with E-state index in [0.29, 0.717) is 6.42 Å². The lowest BCUT2D eigenvalue weighted by atomic mass is 9.79. The molecule has 0 heterocycles. The lowest BCUT2D eigenvalue weighted by molar-refractivity contribution is -0.115. The van der Waals surface area contributed by atoms with Gasteiger partial charge in [-0.05, 0) is 6.42 Å². The van der Waals surface area contributed by atoms with Crippen molar-refractivity contribution in [1.29, 1.82) is 0 Å². The molecular weight excluding hydrogens is 138 g/mol. The van der Waals surface area contributed by atoms with Gasteiger partial charge in [0.2, 0.25) is 0 Å². The molecule has 2 heteroatoms. The van der Waals surface area contributed by atoms with Gasteiger partial charge in [-0.15, -0.1) is 0 Å². The lowest BCUT2D eigenvalue weighted by Crippen LogP contribution is -2.29. The number of hydrogen-bond acceptors (Lipinski definition) is 2. The summed E-state index contributed by atoms with van der Waals surface area (Å²) in [5, 5.41) is 3.06. The van der Waals surface area contributed by atoms with Crippen LogP contribution >= 0.6 is 0 Å². The summed E-state index contributed by atoms with van der Waals surface area (Å²) < 4.78 is 0. The number of allylic oxidation sites excluding steroid dienone is 2. The Morgan fingerprint density at radius 2 is 2.18 bits per heavy atom. The van der Waals surface area contributed by atoms with Crippen molar-refractivity contribution in [1.82, 2.24) is 5.32 Å². The highest BCUT2D eigenvalue weighted by molar-refractivity contribution is 5.91. The standard InChI is InChI=1S/C9H15NO/c1-9(2)5-4-7(11)6-8(9)10-3/h6,10H,4-5H2,1-3H3. The summed E-state index contributed by atoms with van der Waals surface area (Å²) >= 11 is 0. The first-order valence-electron chi connectivity index (χ1n) is 3.99. The van der Waals surface area contributed by atoms with Crippen LogP contribution in [0, 0.1) is 5.41 Å². The van der Waals surface area contributed by atoms with Crippen molar-refractivity contribution in [3.63, 3.8) is 0 Å². The number of carbonyl (C=O) groups excluding carboxylic acids is 1. The number of hydrogen-bond donors (Lipinski definition) is 1. The van der Waals surface area contributed by atoms with Crippen LogP contribution in [0.2, 0.25) is 0 Å². The molecule has 0 saturated heterocycles. The largest absolute Gasteiger partial charge is 0.391 e. The van der Waals surface area contributed by atoms with Crippen LogP contribution in [0.15, 0.2) is 11.8 Å². The fourth-order valence-corrected chi connectivity index (χ4v) is 1.41. The number of ketones is 1. The Bertz CT molecular complexity index is 204. The summed E-state index contributed by atoms with van der Waals surface area (Å²) in [5.74, 6) is 0.244. The highest BCUT2D eigenvalue weighted by atomic mass is 16.1. The van der Waals surface area contributed by atoms with Crippen LogP contribution in [0.5, 0.6) is 0 Å². The van der Waals surface area contributed by atoms with Gasteiger partial charge in [-0.25, -0.2) is 0 Å². The van der Waals surface area contributed by atoms with Crippen LogP contribution in [0.3, 0.4) is 0 Å². The number of nitrogens with one attached hydrogen (secondary N) is 1. The highest BCUT2D eigenvalue weighted by Crippen LogP contribution is 2.33. The second kappa shape index (κ2) is 2.68. The van der Waals surface area contributed by atoms with Crippen molar-refractivity contribution < 1.29 is 4.79 Å². The lowest BCUT2D eigenvalue weighted by Gasteiger charge is -2.30. The van der Waals surface area contributed by atoms with E-state index in [0.717, 1.165) is 12.1 Å². The molecule has 0 aromatic heterocycles. The van der Waals surface area contributed by atoms with E-state index in [4.69, 9.17) is 0 Å². The molecule has 1 aliphatic carbocycles. The van der Waals surface area contributed by atoms with Crippen molar-refractivity contribution in [3.8, 4) is 0 Å². The Morgan fingerprint density at radius 3 is 2.64 bits per heavy atom. The van der Waals surface area contributed by atoms with Gasteiger partial charge in [0.1, 0.15) is 0 Å². The monoisotopic (exact) mass is 153 g/mol. The van der Waals surface area contributed by atoms with Gasteiger partial charge in [0.15, 0.2) is 5.78 Å². The molecule has 0 spiro atoms. The summed E-state index contributed by atoms with van der Waals surface area (Å²) in [6.45, 7) is 4.31. The summed E-state index contributed by atoms with van der Waals surface area (Å²) in [4.78, 5) is 11.0. The molecule has 0 amide bonds. The van der Waals surface area contributed by atoms with E-state index >= 15 is 0 Å². The fraction of sp³-hybridized carbons (Fsp3) is 0.667. The zero-order valence-electron chi connectivity index (χ0n) is 7.40. The van der Waals surface area contributed by atoms with E-state index in [-0.39, 0.29) is 11.2 Å². The number of rotatable bonds is 1. The second-order valence-corrected chi connectivity index (χ2v) is 3.66. The van der Waals surface area contributed by atoms with Crippen molar-refractivity contribution >= 4 is 5.78 Å². The Kier molecular flexibility index (Phi) is 2.03. The van der Waals surface area contributed by atoms with E-state index < -0.39 is 0 Å². The molecule has 2 nitrogen and oxygen atoms in total. The van der Waals surface area contributed by atoms with E-state index in [2.05, 4.69) is 19.2 Å². The molecule has 1 rings (SSSR count). The zero-order valence-corrected chi connectivity index (χ0v) is 7.40. The third-order valence-corrected chi connectivity index (χ3v) is 2.30. The van der Waals surface area contributed by atoms with Crippen LogP contribution in [0.4, 0.5) is 0 Å². The van der Waals surface area contributed by atoms with Crippen molar-refractivity contribution in [2.24, 2.45) is 5.41 Å². The van der Waals surface area contributed by atoms with Crippen LogP contribution in [-0.4, -0.2) is 12.8 Å². The van der Waals surface area contributed by atoms with Gasteiger partial charge < -0.3 is 5.32 Å². The summed E-state index contributed by atoms with van der Waals surface area (Å²) in [6.07, 6.45) is 3.38. The maximum atomic E-state index is 11.0. The van der Waals surface area contributed by atoms with Crippen molar-refractivity contribution in [3.05, 3.63) is 11.8 Å². The zero-order chi connectivity index (χ0) is 8.48. The molecule has 0 saturated carbocycles. The average Bonchev–Trinajstić information content (AvgIpc) is 1.94. The minimum absolute atomic E-state index is 0.155. The van der Waals surface area contributed by atoms with Gasteiger partial charge in [-0.1, -0.05) is 13.8 Å². The van der Waals surface area contributed by atoms with Crippen LogP contribution < -0.4 is 5.32 Å². The van der Waals surface area contributed by atoms with Crippen molar-refractivity contribution in [2.45, 2.75) is 26.7 Å². The summed E-state index contributed by atoms with van der Waals surface area (Å²) in [5.41, 5.74) is 1.22. The third kappa shape index (κ3) is 1.62. The Balaban J connectivity index is 2.89. The molecule has 0 aromatic rings. The molecule has 0 aliphatic heterocycles. The fourth-order valence-electron chi connectivity index (χ4n) is 1.41. The topological polar surface area (TPSA) is 29.1 Å². The van der Waals surface area contributed by atoms with Gasteiger partial charge in [0, 0.05) is 30.7 Å². The predicted molar refractivity (Wildman–Crippen MR) is 45.2 cm³/mol. The first kappa shape index (κ1) is 8.31. The maximum absolute atomic E-state index is 11.0. The highest BCUT2D eigenvalue weighted by Gasteiger charge is 2.27. The summed E-state index contributed by atoms with van der Waals surface area (Å²) in [6, 6.07) is 0. The van der Waals surface area contributed by atoms with Crippen LogP contribution in [-0.2, 0) is 4.79 Å². The molecule has 0 aromatic carbocycles. The Labute approximate surface area is 67.7 Å². The van der Waals surface area contributed by atoms with Crippen LogP contribution in [0.25, 0.3) is 0 Å². The maximum Gasteiger partial charge on any atom is 0.157 e. The van der Waals surface area contributed by atoms with Gasteiger partial charge >= 0.3 is 0 Å². The molecule has 11 heavy (non-hydrogen) atoms. The van der Waals surface area contributed by atoms with E-state index in [1.54, 1.807) is 6.08 Å². The van der Waals surface area contributed by atoms with Crippen molar-refractivity contribution in [2.75, 3.05) is 7.05 Å². The predicted octanol–water partition coefficient (Wildman–Crippen LogP) is 1.48. The quantitative estimate of drug-likeness (QED) is 0.618. The average molecular weight is 153 g/mol. The Morgan fingerprint density at radius 1 is 1.55 bits per heavy atom. The van der Waals surface area contributed by atoms with Gasteiger partial charge in [-0.2, -0.15) is 0 Å². The molecular formula is C9H15NO. The SMILES string of the molecule is CNC1=CC(=O)CCC1(C)C. The summed E-state index contributed by atoms with van der Waals surface area (Å²) in [7, 11) is 1.87. The van der Waals surface area contributed by atoms with Crippen LogP contribution in [0.1, 0.15) is 26.7 Å². The smallest absolute Gasteiger partial charge is 0.157 e. The first-order chi connectivity index (χ1) is 5.06. The Hall–Kier alpha value is -0.790. The molecule has 0 bridgehead atoms. The van der Waals surface area contributed by atoms with E-state index in [1.165, 1.54) is 0 Å². The second-order valence-electron chi connectivity index (χ2n) is 3.66. The minimum Gasteiger partial charge on any atom is -0.391 e.